The van der Waals surface area contributed by atoms with E-state index in [2.05, 4.69) is 15.0 Å². The van der Waals surface area contributed by atoms with Crippen LogP contribution in [0.1, 0.15) is 32.7 Å². The quantitative estimate of drug-likeness (QED) is 0.486. The van der Waals surface area contributed by atoms with Gasteiger partial charge in [-0.2, -0.15) is 0 Å². The summed E-state index contributed by atoms with van der Waals surface area (Å²) in [6.45, 7) is 1.90. The molecule has 4 aromatic rings. The molecule has 0 bridgehead atoms. The highest BCUT2D eigenvalue weighted by Gasteiger charge is 2.09. The average molecular weight is 427 g/mol. The average Bonchev–Trinajstić information content (AvgIpc) is 2.77. The number of carbonyl (C=O) groups is 1. The molecule has 0 aliphatic rings. The Morgan fingerprint density at radius 2 is 1.56 bits per heavy atom. The van der Waals surface area contributed by atoms with Gasteiger partial charge in [-0.3, -0.25) is 19.4 Å². The lowest BCUT2D eigenvalue weighted by atomic mass is 10.0. The maximum Gasteiger partial charge on any atom is 0.272 e. The first kappa shape index (κ1) is 20.9. The normalized spacial score (nSPS) is 12.2. The summed E-state index contributed by atoms with van der Waals surface area (Å²) in [7, 11) is 0. The van der Waals surface area contributed by atoms with Crippen molar-refractivity contribution in [3.63, 3.8) is 0 Å². The largest absolute Gasteiger partial charge is 0.316 e. The number of aryl methyl sites for hydroxylation is 1. The van der Waals surface area contributed by atoms with Crippen molar-refractivity contribution < 1.29 is 9.18 Å². The zero-order valence-corrected chi connectivity index (χ0v) is 17.1. The van der Waals surface area contributed by atoms with Crippen LogP contribution < -0.4 is 21.8 Å². The third-order valence-electron chi connectivity index (χ3n) is 4.78. The summed E-state index contributed by atoms with van der Waals surface area (Å²) in [4.78, 5) is 47.0. The van der Waals surface area contributed by atoms with E-state index in [1.807, 2.05) is 13.0 Å². The predicted octanol–water partition coefficient (Wildman–Crippen LogP) is 1.79. The summed E-state index contributed by atoms with van der Waals surface area (Å²) in [6, 6.07) is 15.5. The van der Waals surface area contributed by atoms with E-state index < -0.39 is 16.9 Å². The van der Waals surface area contributed by atoms with E-state index in [4.69, 9.17) is 0 Å². The molecule has 0 unspecified atom stereocenters. The molecule has 2 aromatic carbocycles. The first-order valence-electron chi connectivity index (χ1n) is 9.78. The van der Waals surface area contributed by atoms with Crippen LogP contribution in [0.15, 0.2) is 76.4 Å². The maximum atomic E-state index is 13.1. The Hall–Kier alpha value is -4.39. The van der Waals surface area contributed by atoms with E-state index in [1.54, 1.807) is 36.5 Å². The minimum atomic E-state index is -0.487. The van der Waals surface area contributed by atoms with Crippen molar-refractivity contribution >= 4 is 17.9 Å². The molecule has 4 rings (SSSR count). The SMILES string of the molecule is Cc1ccnc(C=c2[nH]c(=O)c(=Cc3cccc(C(=O)c4ccc(F)cc4)c3)[nH]c2=O)c1. The molecule has 32 heavy (non-hydrogen) atoms. The van der Waals surface area contributed by atoms with Crippen LogP contribution in [0.5, 0.6) is 0 Å². The minimum absolute atomic E-state index is 0.0516. The molecule has 0 atom stereocenters. The second-order valence-corrected chi connectivity index (χ2v) is 7.24. The highest BCUT2D eigenvalue weighted by atomic mass is 19.1. The number of nitrogens with one attached hydrogen (secondary N) is 2. The van der Waals surface area contributed by atoms with Crippen LogP contribution >= 0.6 is 0 Å². The van der Waals surface area contributed by atoms with Crippen molar-refractivity contribution in [2.45, 2.75) is 6.92 Å². The number of carbonyl (C=O) groups excluding carboxylic acids is 1. The van der Waals surface area contributed by atoms with Gasteiger partial charge in [0.2, 0.25) is 0 Å². The molecule has 0 fully saturated rings. The first-order chi connectivity index (χ1) is 15.4. The fourth-order valence-corrected chi connectivity index (χ4v) is 3.19. The van der Waals surface area contributed by atoms with Gasteiger partial charge in [0.25, 0.3) is 11.1 Å². The van der Waals surface area contributed by atoms with Gasteiger partial charge >= 0.3 is 0 Å². The predicted molar refractivity (Wildman–Crippen MR) is 119 cm³/mol. The smallest absolute Gasteiger partial charge is 0.272 e. The fraction of sp³-hybridized carbons (Fsp3) is 0.0400. The molecule has 0 aliphatic heterocycles. The number of benzene rings is 2. The molecule has 0 spiro atoms. The van der Waals surface area contributed by atoms with Gasteiger partial charge in [0, 0.05) is 17.3 Å². The van der Waals surface area contributed by atoms with Crippen molar-refractivity contribution in [3.05, 3.63) is 132 Å². The van der Waals surface area contributed by atoms with Crippen LogP contribution in [0, 0.1) is 12.7 Å². The van der Waals surface area contributed by atoms with Crippen molar-refractivity contribution in [1.29, 1.82) is 0 Å². The van der Waals surface area contributed by atoms with E-state index in [9.17, 15) is 18.8 Å². The number of rotatable bonds is 4. The van der Waals surface area contributed by atoms with E-state index in [0.29, 0.717) is 22.4 Å². The van der Waals surface area contributed by atoms with Crippen LogP contribution in [0.2, 0.25) is 0 Å². The van der Waals surface area contributed by atoms with Crippen LogP contribution in [0.3, 0.4) is 0 Å². The molecule has 158 valence electrons. The maximum absolute atomic E-state index is 13.1. The molecular weight excluding hydrogens is 409 g/mol. The van der Waals surface area contributed by atoms with Gasteiger partial charge in [-0.15, -0.1) is 0 Å². The van der Waals surface area contributed by atoms with Crippen molar-refractivity contribution in [1.82, 2.24) is 15.0 Å². The monoisotopic (exact) mass is 427 g/mol. The van der Waals surface area contributed by atoms with E-state index >= 15 is 0 Å². The Balaban J connectivity index is 1.72. The van der Waals surface area contributed by atoms with Crippen LogP contribution in [-0.2, 0) is 0 Å². The number of nitrogens with zero attached hydrogens (tertiary/aromatic N) is 1. The summed E-state index contributed by atoms with van der Waals surface area (Å²) >= 11 is 0. The molecule has 0 aliphatic carbocycles. The number of hydrogen-bond acceptors (Lipinski definition) is 4. The molecule has 0 saturated heterocycles. The number of aromatic amines is 2. The highest BCUT2D eigenvalue weighted by molar-refractivity contribution is 6.09. The van der Waals surface area contributed by atoms with Crippen LogP contribution in [0.25, 0.3) is 12.2 Å². The molecule has 7 heteroatoms. The summed E-state index contributed by atoms with van der Waals surface area (Å²) in [5.74, 6) is -0.705. The second-order valence-electron chi connectivity index (χ2n) is 7.24. The van der Waals surface area contributed by atoms with Gasteiger partial charge in [-0.25, -0.2) is 4.39 Å². The summed E-state index contributed by atoms with van der Waals surface area (Å²) in [6.07, 6.45) is 4.60. The Bertz CT molecular complexity index is 1550. The number of hydrogen-bond donors (Lipinski definition) is 2. The Kier molecular flexibility index (Phi) is 5.72. The molecule has 2 heterocycles. The molecule has 0 amide bonds. The Morgan fingerprint density at radius 1 is 0.875 bits per heavy atom. The topological polar surface area (TPSA) is 95.7 Å². The van der Waals surface area contributed by atoms with Crippen LogP contribution in [-0.4, -0.2) is 20.7 Å². The lowest BCUT2D eigenvalue weighted by Crippen LogP contribution is -2.46. The first-order valence-corrected chi connectivity index (χ1v) is 9.78. The van der Waals surface area contributed by atoms with E-state index in [1.165, 1.54) is 36.4 Å². The lowest BCUT2D eigenvalue weighted by molar-refractivity contribution is 0.103. The molecule has 2 N–H and O–H groups in total. The standard InChI is InChI=1S/C25H18FN3O3/c1-15-9-10-27-20(11-15)14-22-25(32)28-21(24(31)29-22)13-16-3-2-4-18(12-16)23(30)17-5-7-19(26)8-6-17/h2-14H,1H3,(H,28,32)(H,29,31). The van der Waals surface area contributed by atoms with E-state index in [-0.39, 0.29) is 16.5 Å². The molecule has 6 nitrogen and oxygen atoms in total. The number of ketones is 1. The molecular formula is C25H18FN3O3. The molecule has 2 aromatic heterocycles. The summed E-state index contributed by atoms with van der Waals surface area (Å²) in [5.41, 5.74) is 1.84. The van der Waals surface area contributed by atoms with Crippen molar-refractivity contribution in [2.24, 2.45) is 0 Å². The fourth-order valence-electron chi connectivity index (χ4n) is 3.19. The molecule has 0 saturated carbocycles. The zero-order chi connectivity index (χ0) is 22.7. The minimum Gasteiger partial charge on any atom is -0.316 e. The van der Waals surface area contributed by atoms with Gasteiger partial charge in [0.15, 0.2) is 5.78 Å². The third-order valence-corrected chi connectivity index (χ3v) is 4.78. The number of aromatic nitrogens is 3. The van der Waals surface area contributed by atoms with E-state index in [0.717, 1.165) is 5.56 Å². The summed E-state index contributed by atoms with van der Waals surface area (Å²) < 4.78 is 13.1. The molecule has 0 radical (unpaired) electrons. The number of H-pyrrole nitrogens is 2. The lowest BCUT2D eigenvalue weighted by Gasteiger charge is -2.02. The second kappa shape index (κ2) is 8.77. The van der Waals surface area contributed by atoms with Gasteiger partial charge in [0.05, 0.1) is 5.69 Å². The van der Waals surface area contributed by atoms with Gasteiger partial charge < -0.3 is 9.97 Å². The Morgan fingerprint density at radius 3 is 2.25 bits per heavy atom. The number of halogens is 1. The Labute approximate surface area is 181 Å². The highest BCUT2D eigenvalue weighted by Crippen LogP contribution is 2.13. The number of pyridine rings is 1. The van der Waals surface area contributed by atoms with Crippen LogP contribution in [0.4, 0.5) is 4.39 Å². The van der Waals surface area contributed by atoms with Crippen molar-refractivity contribution in [3.8, 4) is 0 Å². The van der Waals surface area contributed by atoms with Gasteiger partial charge in [-0.05, 0) is 72.7 Å². The van der Waals surface area contributed by atoms with Gasteiger partial charge in [0.1, 0.15) is 16.5 Å². The zero-order valence-electron chi connectivity index (χ0n) is 17.1. The third kappa shape index (κ3) is 4.67. The van der Waals surface area contributed by atoms with Gasteiger partial charge in [-0.1, -0.05) is 18.2 Å². The summed E-state index contributed by atoms with van der Waals surface area (Å²) in [5, 5.41) is 0.140. The van der Waals surface area contributed by atoms with Crippen molar-refractivity contribution in [2.75, 3.05) is 0 Å².